The van der Waals surface area contributed by atoms with Gasteiger partial charge in [-0.05, 0) is 43.8 Å². The summed E-state index contributed by atoms with van der Waals surface area (Å²) in [6.45, 7) is 16.8. The number of nitrogens with one attached hydrogen (secondary N) is 2. The van der Waals surface area contributed by atoms with Gasteiger partial charge in [-0.2, -0.15) is 0 Å². The lowest BCUT2D eigenvalue weighted by atomic mass is 10.1. The maximum atomic E-state index is 11.6. The van der Waals surface area contributed by atoms with Crippen LogP contribution in [0.1, 0.15) is 44.7 Å². The number of aliphatic imine (C=N–C) groups is 2. The van der Waals surface area contributed by atoms with Crippen molar-refractivity contribution >= 4 is 36.0 Å². The van der Waals surface area contributed by atoms with E-state index < -0.39 is 0 Å². The molecule has 0 atom stereocenters. The van der Waals surface area contributed by atoms with E-state index in [2.05, 4.69) is 46.0 Å². The maximum absolute atomic E-state index is 11.6. The smallest absolute Gasteiger partial charge is 0.211 e. The van der Waals surface area contributed by atoms with Crippen LogP contribution in [0.4, 0.5) is 11.4 Å². The van der Waals surface area contributed by atoms with Gasteiger partial charge < -0.3 is 15.6 Å². The van der Waals surface area contributed by atoms with Crippen molar-refractivity contribution in [1.29, 1.82) is 0 Å². The van der Waals surface area contributed by atoms with Gasteiger partial charge in [0.2, 0.25) is 6.41 Å². The number of aryl methyl sites for hydroxylation is 1. The second kappa shape index (κ2) is 19.7. The molecule has 2 aromatic rings. The molecule has 0 saturated heterocycles. The second-order valence-electron chi connectivity index (χ2n) is 7.85. The Morgan fingerprint density at radius 3 is 2.25 bits per heavy atom. The minimum Gasteiger partial charge on any atom is -0.386 e. The van der Waals surface area contributed by atoms with Gasteiger partial charge in [-0.1, -0.05) is 56.8 Å². The molecule has 196 valence electrons. The molecule has 2 aromatic carbocycles. The first-order valence-corrected chi connectivity index (χ1v) is 12.2. The van der Waals surface area contributed by atoms with Crippen molar-refractivity contribution in [3.05, 3.63) is 71.9 Å². The van der Waals surface area contributed by atoms with Crippen LogP contribution >= 0.6 is 0 Å². The number of benzene rings is 2. The van der Waals surface area contributed by atoms with E-state index in [-0.39, 0.29) is 5.78 Å². The predicted molar refractivity (Wildman–Crippen MR) is 155 cm³/mol. The Morgan fingerprint density at radius 1 is 1.08 bits per heavy atom. The zero-order valence-corrected chi connectivity index (χ0v) is 22.8. The highest BCUT2D eigenvalue weighted by molar-refractivity contribution is 6.02. The van der Waals surface area contributed by atoms with Crippen LogP contribution < -0.4 is 10.6 Å². The van der Waals surface area contributed by atoms with Crippen molar-refractivity contribution in [2.24, 2.45) is 9.98 Å². The Hall–Kier alpha value is -3.58. The number of amides is 1. The van der Waals surface area contributed by atoms with Gasteiger partial charge in [0.1, 0.15) is 5.78 Å². The van der Waals surface area contributed by atoms with Crippen LogP contribution in [0.5, 0.6) is 0 Å². The molecule has 0 bridgehead atoms. The lowest BCUT2D eigenvalue weighted by Crippen LogP contribution is -2.29. The van der Waals surface area contributed by atoms with E-state index >= 15 is 0 Å². The van der Waals surface area contributed by atoms with Gasteiger partial charge in [-0.25, -0.2) is 4.99 Å². The Morgan fingerprint density at radius 2 is 1.69 bits per heavy atom. The summed E-state index contributed by atoms with van der Waals surface area (Å²) in [4.78, 5) is 32.8. The third kappa shape index (κ3) is 13.3. The molecule has 0 fully saturated rings. The average molecular weight is 494 g/mol. The highest BCUT2D eigenvalue weighted by atomic mass is 16.1. The molecule has 0 radical (unpaired) electrons. The van der Waals surface area contributed by atoms with E-state index in [1.54, 1.807) is 14.0 Å². The predicted octanol–water partition coefficient (Wildman–Crippen LogP) is 5.58. The van der Waals surface area contributed by atoms with E-state index in [1.165, 1.54) is 5.56 Å². The summed E-state index contributed by atoms with van der Waals surface area (Å²) in [6.07, 6.45) is 1.69. The first-order chi connectivity index (χ1) is 17.3. The number of ketones is 1. The molecule has 36 heavy (non-hydrogen) atoms. The number of Topliss-reactive ketones (excluding diaryl/α,β-unsaturated/α-hetero) is 1. The van der Waals surface area contributed by atoms with Crippen LogP contribution in [0, 0.1) is 6.92 Å². The summed E-state index contributed by atoms with van der Waals surface area (Å²) in [6, 6.07) is 16.2. The number of hydrogen-bond acceptors (Lipinski definition) is 6. The van der Waals surface area contributed by atoms with Crippen LogP contribution in [0.25, 0.3) is 0 Å². The first kappa shape index (κ1) is 32.4. The lowest BCUT2D eigenvalue weighted by Gasteiger charge is -2.23. The van der Waals surface area contributed by atoms with Gasteiger partial charge in [0, 0.05) is 46.6 Å². The summed E-state index contributed by atoms with van der Waals surface area (Å²) >= 11 is 0. The molecule has 0 aliphatic carbocycles. The van der Waals surface area contributed by atoms with Crippen LogP contribution in [-0.4, -0.2) is 56.7 Å². The van der Waals surface area contributed by atoms with E-state index in [9.17, 15) is 9.59 Å². The third-order valence-electron chi connectivity index (χ3n) is 4.95. The summed E-state index contributed by atoms with van der Waals surface area (Å²) < 4.78 is 0. The lowest BCUT2D eigenvalue weighted by molar-refractivity contribution is -0.117. The largest absolute Gasteiger partial charge is 0.386 e. The number of nitrogens with zero attached hydrogens (tertiary/aromatic N) is 3. The molecule has 0 unspecified atom stereocenters. The van der Waals surface area contributed by atoms with Crippen LogP contribution in [-0.2, 0) is 16.1 Å². The van der Waals surface area contributed by atoms with Crippen molar-refractivity contribution in [3.63, 3.8) is 0 Å². The Kier molecular flexibility index (Phi) is 17.7. The van der Waals surface area contributed by atoms with E-state index in [0.29, 0.717) is 43.7 Å². The molecule has 2 N–H and O–H groups in total. The molecule has 0 saturated carbocycles. The summed E-state index contributed by atoms with van der Waals surface area (Å²) in [5.41, 5.74) is 5.19. The minimum absolute atomic E-state index is 0.164. The fourth-order valence-electron chi connectivity index (χ4n) is 3.21. The summed E-state index contributed by atoms with van der Waals surface area (Å²) in [7, 11) is 3.50. The van der Waals surface area contributed by atoms with E-state index in [4.69, 9.17) is 4.99 Å². The Bertz CT molecular complexity index is 971. The molecule has 0 aliphatic rings. The fourth-order valence-corrected chi connectivity index (χ4v) is 3.21. The Labute approximate surface area is 217 Å². The number of carbonyl (C=O) groups excluding carboxylic acids is 2. The molecule has 7 heteroatoms. The zero-order chi connectivity index (χ0) is 27.3. The highest BCUT2D eigenvalue weighted by Gasteiger charge is 2.13. The Balaban J connectivity index is 0.00000227. The van der Waals surface area contributed by atoms with Gasteiger partial charge >= 0.3 is 0 Å². The van der Waals surface area contributed by atoms with Gasteiger partial charge in [-0.3, -0.25) is 14.5 Å². The first-order valence-electron chi connectivity index (χ1n) is 12.2. The highest BCUT2D eigenvalue weighted by Crippen LogP contribution is 2.26. The number of anilines is 1. The van der Waals surface area contributed by atoms with Crippen LogP contribution in [0.15, 0.2) is 70.8 Å². The van der Waals surface area contributed by atoms with Gasteiger partial charge in [0.15, 0.2) is 0 Å². The number of hydrogen-bond donors (Lipinski definition) is 2. The molecule has 0 spiro atoms. The van der Waals surface area contributed by atoms with E-state index in [0.717, 1.165) is 23.5 Å². The van der Waals surface area contributed by atoms with Crippen molar-refractivity contribution in [2.45, 2.75) is 47.1 Å². The number of rotatable bonds is 13. The monoisotopic (exact) mass is 493 g/mol. The third-order valence-corrected chi connectivity index (χ3v) is 4.95. The zero-order valence-electron chi connectivity index (χ0n) is 22.8. The molecule has 2 rings (SSSR count). The number of allylic oxidation sites excluding steroid dienone is 1. The normalized spacial score (nSPS) is 10.2. The maximum Gasteiger partial charge on any atom is 0.211 e. The number of carbonyl (C=O) groups is 2. The fraction of sp³-hybridized carbons (Fsp3) is 0.379. The quantitative estimate of drug-likeness (QED) is 0.282. The van der Waals surface area contributed by atoms with Gasteiger partial charge in [0.05, 0.1) is 22.8 Å². The molecule has 0 aliphatic heterocycles. The van der Waals surface area contributed by atoms with Gasteiger partial charge in [-0.15, -0.1) is 0 Å². The van der Waals surface area contributed by atoms with Gasteiger partial charge in [0.25, 0.3) is 0 Å². The standard InChI is InChI=1S/C25H32N4O2.C2H5N.C2H6/c1-19-10-11-24(25(16-19)26-4)28-23(21(3)27-18-30)13-15-29(14-12-20(2)31)17-22-8-6-5-7-9-22;1-3-2;1-2/h5-11,16,18,26H,3,12-15,17H2,1-2,4H3,(H,27,30);1H2,2H3;1-2H3. The SMILES string of the molecule is C=C(NC=O)C(CCN(CCC(C)=O)Cc1ccccc1)=Nc1ccc(C)cc1NC.C=NC.CC. The van der Waals surface area contributed by atoms with Crippen molar-refractivity contribution < 1.29 is 9.59 Å². The molecular formula is C29H43N5O2. The van der Waals surface area contributed by atoms with Crippen molar-refractivity contribution in [1.82, 2.24) is 10.2 Å². The minimum atomic E-state index is 0.164. The van der Waals surface area contributed by atoms with E-state index in [1.807, 2.05) is 64.2 Å². The van der Waals surface area contributed by atoms with Crippen LogP contribution in [0.2, 0.25) is 0 Å². The van der Waals surface area contributed by atoms with Crippen molar-refractivity contribution in [2.75, 3.05) is 32.5 Å². The van der Waals surface area contributed by atoms with Crippen molar-refractivity contribution in [3.8, 4) is 0 Å². The molecule has 0 aromatic heterocycles. The topological polar surface area (TPSA) is 86.2 Å². The molecular weight excluding hydrogens is 450 g/mol. The molecule has 0 heterocycles. The summed E-state index contributed by atoms with van der Waals surface area (Å²) in [5.74, 6) is 0.164. The average Bonchev–Trinajstić information content (AvgIpc) is 2.87. The molecule has 1 amide bonds. The summed E-state index contributed by atoms with van der Waals surface area (Å²) in [5, 5.41) is 5.81. The van der Waals surface area contributed by atoms with Crippen LogP contribution in [0.3, 0.4) is 0 Å². The second-order valence-corrected chi connectivity index (χ2v) is 7.85. The molecule has 7 nitrogen and oxygen atoms in total.